The Morgan fingerprint density at radius 2 is 1.76 bits per heavy atom. The Kier molecular flexibility index (Phi) is 3.87. The number of carbonyl (C=O) groups is 2. The zero-order chi connectivity index (χ0) is 20.0. The monoisotopic (exact) mass is 384 g/mol. The first-order valence-electron chi connectivity index (χ1n) is 9.18. The molecule has 0 unspecified atom stereocenters. The predicted octanol–water partition coefficient (Wildman–Crippen LogP) is 3.59. The molecule has 4 aromatic rings. The molecule has 1 aliphatic heterocycles. The third-order valence-electron chi connectivity index (χ3n) is 5.15. The van der Waals surface area contributed by atoms with Gasteiger partial charge in [-0.1, -0.05) is 30.3 Å². The number of aromatic nitrogens is 3. The van der Waals surface area contributed by atoms with E-state index in [0.717, 1.165) is 27.8 Å². The molecule has 0 saturated carbocycles. The number of carbonyl (C=O) groups excluding carboxylic acids is 1. The van der Waals surface area contributed by atoms with Crippen LogP contribution < -0.4 is 5.32 Å². The lowest BCUT2D eigenvalue weighted by Crippen LogP contribution is -2.23. The Bertz CT molecular complexity index is 1250. The van der Waals surface area contributed by atoms with Crippen LogP contribution in [0.15, 0.2) is 66.7 Å². The molecule has 29 heavy (non-hydrogen) atoms. The summed E-state index contributed by atoms with van der Waals surface area (Å²) < 4.78 is 0. The summed E-state index contributed by atoms with van der Waals surface area (Å²) in [5.74, 6) is -1.29. The maximum Gasteiger partial charge on any atom is 0.335 e. The lowest BCUT2D eigenvalue weighted by molar-refractivity contribution is -0.116. The largest absolute Gasteiger partial charge is 0.478 e. The van der Waals surface area contributed by atoms with Crippen LogP contribution in [0.25, 0.3) is 16.7 Å². The third kappa shape index (κ3) is 2.93. The fourth-order valence-electron chi connectivity index (χ4n) is 3.77. The molecule has 7 heteroatoms. The van der Waals surface area contributed by atoms with E-state index in [0.29, 0.717) is 5.69 Å². The van der Waals surface area contributed by atoms with Gasteiger partial charge in [0.05, 0.1) is 11.3 Å². The summed E-state index contributed by atoms with van der Waals surface area (Å²) in [5, 5.41) is 21.4. The Morgan fingerprint density at radius 3 is 2.48 bits per heavy atom. The second-order valence-electron chi connectivity index (χ2n) is 6.95. The summed E-state index contributed by atoms with van der Waals surface area (Å²) in [6.07, 6.45) is 0.261. The van der Waals surface area contributed by atoms with Crippen LogP contribution in [0.3, 0.4) is 0 Å². The molecule has 0 bridgehead atoms. The Balaban J connectivity index is 1.67. The molecule has 0 saturated heterocycles. The number of anilines is 1. The Labute approximate surface area is 165 Å². The summed E-state index contributed by atoms with van der Waals surface area (Å²) in [6.45, 7) is 0. The zero-order valence-corrected chi connectivity index (χ0v) is 15.2. The van der Waals surface area contributed by atoms with E-state index in [4.69, 9.17) is 10.2 Å². The number of aromatic carboxylic acids is 1. The van der Waals surface area contributed by atoms with Gasteiger partial charge in [0, 0.05) is 23.6 Å². The fourth-order valence-corrected chi connectivity index (χ4v) is 3.77. The van der Waals surface area contributed by atoms with Crippen LogP contribution in [0.5, 0.6) is 0 Å². The molecule has 0 radical (unpaired) electrons. The van der Waals surface area contributed by atoms with E-state index in [1.54, 1.807) is 29.1 Å². The van der Waals surface area contributed by atoms with Crippen molar-refractivity contribution in [3.63, 3.8) is 0 Å². The van der Waals surface area contributed by atoms with E-state index < -0.39 is 5.97 Å². The van der Waals surface area contributed by atoms with Gasteiger partial charge in [-0.2, -0.15) is 4.80 Å². The number of hydrogen-bond donors (Lipinski definition) is 2. The minimum absolute atomic E-state index is 0.0837. The maximum absolute atomic E-state index is 12.3. The van der Waals surface area contributed by atoms with E-state index in [1.165, 1.54) is 0 Å². The minimum Gasteiger partial charge on any atom is -0.478 e. The van der Waals surface area contributed by atoms with Crippen LogP contribution in [0.1, 0.15) is 33.8 Å². The van der Waals surface area contributed by atoms with Gasteiger partial charge >= 0.3 is 5.97 Å². The van der Waals surface area contributed by atoms with Gasteiger partial charge in [-0.25, -0.2) is 4.79 Å². The predicted molar refractivity (Wildman–Crippen MR) is 107 cm³/mol. The minimum atomic E-state index is -0.980. The van der Waals surface area contributed by atoms with Gasteiger partial charge in [-0.3, -0.25) is 4.79 Å². The first kappa shape index (κ1) is 17.1. The van der Waals surface area contributed by atoms with Crippen molar-refractivity contribution < 1.29 is 14.7 Å². The van der Waals surface area contributed by atoms with Crippen molar-refractivity contribution in [3.05, 3.63) is 83.4 Å². The second kappa shape index (κ2) is 6.56. The van der Waals surface area contributed by atoms with Crippen LogP contribution in [0.4, 0.5) is 5.69 Å². The highest BCUT2D eigenvalue weighted by Crippen LogP contribution is 2.40. The van der Waals surface area contributed by atoms with Crippen molar-refractivity contribution in [2.24, 2.45) is 0 Å². The van der Waals surface area contributed by atoms with Crippen LogP contribution in [0, 0.1) is 0 Å². The van der Waals surface area contributed by atoms with Crippen LogP contribution in [-0.4, -0.2) is 32.0 Å². The SMILES string of the molecule is O=C1C[C@@H](c2ccc(C(=O)O)cc2)c2c(ccc3nn(-c4ccccc4)nc23)N1. The maximum atomic E-state index is 12.3. The molecule has 1 atom stereocenters. The zero-order valence-electron chi connectivity index (χ0n) is 15.2. The summed E-state index contributed by atoms with van der Waals surface area (Å²) in [6, 6.07) is 20.0. The van der Waals surface area contributed by atoms with Crippen molar-refractivity contribution >= 4 is 28.6 Å². The highest BCUT2D eigenvalue weighted by atomic mass is 16.4. The van der Waals surface area contributed by atoms with Crippen molar-refractivity contribution in [1.29, 1.82) is 0 Å². The van der Waals surface area contributed by atoms with Gasteiger partial charge in [0.2, 0.25) is 5.91 Å². The van der Waals surface area contributed by atoms with E-state index in [2.05, 4.69) is 10.4 Å². The van der Waals surface area contributed by atoms with Crippen molar-refractivity contribution in [3.8, 4) is 5.69 Å². The van der Waals surface area contributed by atoms with Crippen molar-refractivity contribution in [2.45, 2.75) is 12.3 Å². The van der Waals surface area contributed by atoms with Crippen LogP contribution in [-0.2, 0) is 4.79 Å². The lowest BCUT2D eigenvalue weighted by Gasteiger charge is -2.26. The number of para-hydroxylation sites is 1. The summed E-state index contributed by atoms with van der Waals surface area (Å²) in [7, 11) is 0. The second-order valence-corrected chi connectivity index (χ2v) is 6.95. The average Bonchev–Trinajstić information content (AvgIpc) is 3.18. The number of benzene rings is 3. The van der Waals surface area contributed by atoms with Crippen LogP contribution >= 0.6 is 0 Å². The molecule has 0 spiro atoms. The molecule has 1 aliphatic rings. The van der Waals surface area contributed by atoms with E-state index in [-0.39, 0.29) is 23.8 Å². The quantitative estimate of drug-likeness (QED) is 0.563. The highest BCUT2D eigenvalue weighted by molar-refractivity contribution is 6.00. The average molecular weight is 384 g/mol. The van der Waals surface area contributed by atoms with Gasteiger partial charge in [0.15, 0.2) is 0 Å². The number of nitrogens with zero attached hydrogens (tertiary/aromatic N) is 3. The van der Waals surface area contributed by atoms with Gasteiger partial charge in [0.25, 0.3) is 0 Å². The molecular weight excluding hydrogens is 368 g/mol. The Morgan fingerprint density at radius 1 is 1.00 bits per heavy atom. The van der Waals surface area contributed by atoms with Crippen LogP contribution in [0.2, 0.25) is 0 Å². The molecule has 142 valence electrons. The van der Waals surface area contributed by atoms with E-state index in [9.17, 15) is 9.59 Å². The lowest BCUT2D eigenvalue weighted by atomic mass is 9.84. The normalized spacial score (nSPS) is 15.7. The topological polar surface area (TPSA) is 97.1 Å². The molecule has 2 heterocycles. The number of hydrogen-bond acceptors (Lipinski definition) is 4. The highest BCUT2D eigenvalue weighted by Gasteiger charge is 2.30. The Hall–Kier alpha value is -4.00. The van der Waals surface area contributed by atoms with E-state index in [1.807, 2.05) is 42.5 Å². The number of amides is 1. The molecule has 0 aliphatic carbocycles. The fraction of sp³-hybridized carbons (Fsp3) is 0.0909. The number of carboxylic acids is 1. The molecule has 7 nitrogen and oxygen atoms in total. The molecule has 1 aromatic heterocycles. The van der Waals surface area contributed by atoms with Gasteiger partial charge in [-0.05, 0) is 42.0 Å². The summed E-state index contributed by atoms with van der Waals surface area (Å²) >= 11 is 0. The smallest absolute Gasteiger partial charge is 0.335 e. The number of carboxylic acid groups (broad SMARTS) is 1. The molecule has 3 aromatic carbocycles. The standard InChI is InChI=1S/C22H16N4O3/c27-19-12-16(13-6-8-14(9-7-13)22(28)29)20-17(23-19)10-11-18-21(20)25-26(24-18)15-4-2-1-3-5-15/h1-11,16H,12H2,(H,23,27)(H,28,29)/t16-/m0/s1. The number of nitrogens with one attached hydrogen (secondary N) is 1. The number of rotatable bonds is 3. The molecule has 0 fully saturated rings. The van der Waals surface area contributed by atoms with E-state index >= 15 is 0 Å². The van der Waals surface area contributed by atoms with Gasteiger partial charge < -0.3 is 10.4 Å². The summed E-state index contributed by atoms with van der Waals surface area (Å²) in [4.78, 5) is 25.1. The first-order valence-corrected chi connectivity index (χ1v) is 9.18. The van der Waals surface area contributed by atoms with Gasteiger partial charge in [0.1, 0.15) is 11.0 Å². The van der Waals surface area contributed by atoms with Gasteiger partial charge in [-0.15, -0.1) is 10.2 Å². The first-order chi connectivity index (χ1) is 14.1. The third-order valence-corrected chi connectivity index (χ3v) is 5.15. The molecule has 2 N–H and O–H groups in total. The molecular formula is C22H16N4O3. The summed E-state index contributed by atoms with van der Waals surface area (Å²) in [5.41, 5.74) is 4.98. The number of fused-ring (bicyclic) bond motifs is 3. The van der Waals surface area contributed by atoms with Crippen molar-refractivity contribution in [2.75, 3.05) is 5.32 Å². The molecule has 1 amide bonds. The molecule has 5 rings (SSSR count). The van der Waals surface area contributed by atoms with Crippen molar-refractivity contribution in [1.82, 2.24) is 15.0 Å².